The van der Waals surface area contributed by atoms with Gasteiger partial charge in [0.2, 0.25) is 0 Å². The number of amides is 2. The number of urea groups is 1. The van der Waals surface area contributed by atoms with Crippen LogP contribution in [0.3, 0.4) is 0 Å². The maximum absolute atomic E-state index is 11.6. The quantitative estimate of drug-likeness (QED) is 0.857. The van der Waals surface area contributed by atoms with E-state index in [1.165, 1.54) is 0 Å². The third-order valence-corrected chi connectivity index (χ3v) is 3.33. The summed E-state index contributed by atoms with van der Waals surface area (Å²) >= 11 is 11.8. The van der Waals surface area contributed by atoms with E-state index in [0.717, 1.165) is 11.1 Å². The zero-order valence-electron chi connectivity index (χ0n) is 11.1. The molecule has 0 spiro atoms. The molecule has 2 aromatic carbocycles. The molecule has 0 aliphatic carbocycles. The van der Waals surface area contributed by atoms with Gasteiger partial charge in [-0.3, -0.25) is 0 Å². The number of nitrogens with one attached hydrogen (secondary N) is 2. The Morgan fingerprint density at radius 1 is 1.10 bits per heavy atom. The summed E-state index contributed by atoms with van der Waals surface area (Å²) in [5.74, 6) is 0. The van der Waals surface area contributed by atoms with Gasteiger partial charge in [-0.05, 0) is 29.3 Å². The van der Waals surface area contributed by atoms with Gasteiger partial charge in [-0.25, -0.2) is 4.79 Å². The zero-order valence-corrected chi connectivity index (χ0v) is 12.7. The van der Waals surface area contributed by atoms with E-state index in [4.69, 9.17) is 23.2 Å². The molecule has 3 nitrogen and oxygen atoms in total. The lowest BCUT2D eigenvalue weighted by atomic mass is 10.2. The minimum absolute atomic E-state index is 0.298. The maximum Gasteiger partial charge on any atom is 0.319 e. The predicted molar refractivity (Wildman–Crippen MR) is 87.3 cm³/mol. The lowest BCUT2D eigenvalue weighted by molar-refractivity contribution is 0.244. The van der Waals surface area contributed by atoms with Gasteiger partial charge in [0.05, 0.1) is 0 Å². The van der Waals surface area contributed by atoms with Crippen LogP contribution in [0.1, 0.15) is 11.1 Å². The van der Waals surface area contributed by atoms with Crippen molar-refractivity contribution in [3.05, 3.63) is 75.9 Å². The second-order valence-electron chi connectivity index (χ2n) is 4.31. The highest BCUT2D eigenvalue weighted by atomic mass is 35.5. The van der Waals surface area contributed by atoms with Crippen molar-refractivity contribution in [2.45, 2.75) is 6.54 Å². The Morgan fingerprint density at radius 3 is 2.57 bits per heavy atom. The van der Waals surface area contributed by atoms with E-state index in [1.54, 1.807) is 24.4 Å². The van der Waals surface area contributed by atoms with Gasteiger partial charge in [0.1, 0.15) is 0 Å². The van der Waals surface area contributed by atoms with Gasteiger partial charge in [0.15, 0.2) is 0 Å². The molecule has 0 atom stereocenters. The average Bonchev–Trinajstić information content (AvgIpc) is 2.47. The van der Waals surface area contributed by atoms with Crippen LogP contribution >= 0.6 is 23.2 Å². The Kier molecular flexibility index (Phi) is 5.67. The second kappa shape index (κ2) is 7.72. The summed E-state index contributed by atoms with van der Waals surface area (Å²) in [6.45, 7) is 0.334. The Morgan fingerprint density at radius 2 is 1.86 bits per heavy atom. The molecule has 0 bridgehead atoms. The maximum atomic E-state index is 11.6. The van der Waals surface area contributed by atoms with Crippen LogP contribution in [-0.2, 0) is 6.54 Å². The molecule has 0 aromatic heterocycles. The molecule has 0 heterocycles. The van der Waals surface area contributed by atoms with Gasteiger partial charge in [0.25, 0.3) is 0 Å². The minimum Gasteiger partial charge on any atom is -0.334 e. The molecular weight excluding hydrogens is 307 g/mol. The molecule has 2 amide bonds. The van der Waals surface area contributed by atoms with E-state index in [-0.39, 0.29) is 6.03 Å². The first-order valence-electron chi connectivity index (χ1n) is 6.35. The van der Waals surface area contributed by atoms with Crippen molar-refractivity contribution in [1.82, 2.24) is 10.6 Å². The topological polar surface area (TPSA) is 41.1 Å². The fraction of sp³-hybridized carbons (Fsp3) is 0.0625. The van der Waals surface area contributed by atoms with Gasteiger partial charge in [-0.15, -0.1) is 0 Å². The van der Waals surface area contributed by atoms with Crippen LogP contribution in [0.2, 0.25) is 10.0 Å². The van der Waals surface area contributed by atoms with Crippen molar-refractivity contribution in [3.63, 3.8) is 0 Å². The summed E-state index contributed by atoms with van der Waals surface area (Å²) in [5, 5.41) is 6.45. The standard InChI is InChI=1S/C16H14Cl2N2O/c17-14-7-6-13(15(18)10-14)11-20-16(21)19-9-8-12-4-2-1-3-5-12/h1-10H,11H2,(H2,19,20,21). The molecule has 108 valence electrons. The highest BCUT2D eigenvalue weighted by Gasteiger charge is 2.03. The summed E-state index contributed by atoms with van der Waals surface area (Å²) in [5.41, 5.74) is 1.82. The summed E-state index contributed by atoms with van der Waals surface area (Å²) < 4.78 is 0. The number of carbonyl (C=O) groups excluding carboxylic acids is 1. The van der Waals surface area contributed by atoms with E-state index in [9.17, 15) is 4.79 Å². The fourth-order valence-electron chi connectivity index (χ4n) is 1.67. The fourth-order valence-corrected chi connectivity index (χ4v) is 2.14. The molecule has 0 aliphatic heterocycles. The highest BCUT2D eigenvalue weighted by molar-refractivity contribution is 6.35. The Bertz CT molecular complexity index is 642. The van der Waals surface area contributed by atoms with Crippen LogP contribution in [0.5, 0.6) is 0 Å². The van der Waals surface area contributed by atoms with Gasteiger partial charge in [-0.1, -0.05) is 59.6 Å². The first-order chi connectivity index (χ1) is 10.1. The first kappa shape index (κ1) is 15.4. The number of hydrogen-bond donors (Lipinski definition) is 2. The number of rotatable bonds is 4. The first-order valence-corrected chi connectivity index (χ1v) is 7.10. The van der Waals surface area contributed by atoms with Crippen LogP contribution in [0.15, 0.2) is 54.7 Å². The lowest BCUT2D eigenvalue weighted by Gasteiger charge is -2.07. The van der Waals surface area contributed by atoms with Gasteiger partial charge in [-0.2, -0.15) is 0 Å². The number of carbonyl (C=O) groups is 1. The monoisotopic (exact) mass is 320 g/mol. The van der Waals surface area contributed by atoms with E-state index < -0.39 is 0 Å². The molecule has 5 heteroatoms. The molecular formula is C16H14Cl2N2O. The molecule has 21 heavy (non-hydrogen) atoms. The summed E-state index contributed by atoms with van der Waals surface area (Å²) in [6.07, 6.45) is 3.41. The van der Waals surface area contributed by atoms with Gasteiger partial charge in [0, 0.05) is 22.8 Å². The molecule has 0 radical (unpaired) electrons. The molecule has 0 saturated carbocycles. The summed E-state index contributed by atoms with van der Waals surface area (Å²) in [7, 11) is 0. The predicted octanol–water partition coefficient (Wildman–Crippen LogP) is 4.46. The Labute approximate surface area is 133 Å². The summed E-state index contributed by atoms with van der Waals surface area (Å²) in [4.78, 5) is 11.6. The largest absolute Gasteiger partial charge is 0.334 e. The van der Waals surface area contributed by atoms with Crippen LogP contribution < -0.4 is 10.6 Å². The van der Waals surface area contributed by atoms with Gasteiger partial charge >= 0.3 is 6.03 Å². The van der Waals surface area contributed by atoms with Crippen molar-refractivity contribution < 1.29 is 4.79 Å². The molecule has 0 saturated heterocycles. The second-order valence-corrected chi connectivity index (χ2v) is 5.15. The number of hydrogen-bond acceptors (Lipinski definition) is 1. The van der Waals surface area contributed by atoms with E-state index in [0.29, 0.717) is 16.6 Å². The smallest absolute Gasteiger partial charge is 0.319 e. The van der Waals surface area contributed by atoms with Crippen LogP contribution in [-0.4, -0.2) is 6.03 Å². The molecule has 0 unspecified atom stereocenters. The Balaban J connectivity index is 1.81. The van der Waals surface area contributed by atoms with Crippen molar-refractivity contribution >= 4 is 35.3 Å². The van der Waals surface area contributed by atoms with Crippen LogP contribution in [0.4, 0.5) is 4.79 Å². The third-order valence-electron chi connectivity index (χ3n) is 2.74. The van der Waals surface area contributed by atoms with Crippen molar-refractivity contribution in [2.24, 2.45) is 0 Å². The van der Waals surface area contributed by atoms with E-state index in [1.807, 2.05) is 36.4 Å². The van der Waals surface area contributed by atoms with Crippen LogP contribution in [0.25, 0.3) is 6.08 Å². The Hall–Kier alpha value is -1.97. The van der Waals surface area contributed by atoms with Crippen molar-refractivity contribution in [1.29, 1.82) is 0 Å². The van der Waals surface area contributed by atoms with Crippen molar-refractivity contribution in [2.75, 3.05) is 0 Å². The number of halogens is 2. The molecule has 2 rings (SSSR count). The molecule has 0 fully saturated rings. The SMILES string of the molecule is O=C(NC=Cc1ccccc1)NCc1ccc(Cl)cc1Cl. The average molecular weight is 321 g/mol. The molecule has 2 aromatic rings. The highest BCUT2D eigenvalue weighted by Crippen LogP contribution is 2.20. The minimum atomic E-state index is -0.298. The van der Waals surface area contributed by atoms with Crippen molar-refractivity contribution in [3.8, 4) is 0 Å². The summed E-state index contributed by atoms with van der Waals surface area (Å²) in [6, 6.07) is 14.6. The van der Waals surface area contributed by atoms with E-state index >= 15 is 0 Å². The molecule has 0 aliphatic rings. The normalized spacial score (nSPS) is 10.6. The van der Waals surface area contributed by atoms with Crippen LogP contribution in [0, 0.1) is 0 Å². The van der Waals surface area contributed by atoms with E-state index in [2.05, 4.69) is 10.6 Å². The number of benzene rings is 2. The zero-order chi connectivity index (χ0) is 15.1. The third kappa shape index (κ3) is 5.14. The van der Waals surface area contributed by atoms with Gasteiger partial charge < -0.3 is 10.6 Å². The molecule has 2 N–H and O–H groups in total. The lowest BCUT2D eigenvalue weighted by Crippen LogP contribution is -2.31.